The highest BCUT2D eigenvalue weighted by Crippen LogP contribution is 2.26. The van der Waals surface area contributed by atoms with Crippen LogP contribution in [-0.2, 0) is 13.1 Å². The number of aromatic carboxylic acids is 1. The number of amides is 1. The molecule has 0 heterocycles. The summed E-state index contributed by atoms with van der Waals surface area (Å²) in [6.45, 7) is 0.413. The Morgan fingerprint density at radius 2 is 1.24 bits per heavy atom. The normalized spacial score (nSPS) is 9.83. The summed E-state index contributed by atoms with van der Waals surface area (Å²) in [5.74, 6) is -0.695. The summed E-state index contributed by atoms with van der Waals surface area (Å²) < 4.78 is 37.5. The number of rotatable bonds is 7. The summed E-state index contributed by atoms with van der Waals surface area (Å²) >= 11 is 6.54. The van der Waals surface area contributed by atoms with Gasteiger partial charge in [0.05, 0.1) is 28.7 Å². The molecule has 4 aromatic carbocycles. The van der Waals surface area contributed by atoms with Gasteiger partial charge in [0.15, 0.2) is 0 Å². The van der Waals surface area contributed by atoms with Gasteiger partial charge in [-0.3, -0.25) is 4.79 Å². The molecule has 216 valence electrons. The Labute approximate surface area is 253 Å². The van der Waals surface area contributed by atoms with Gasteiger partial charge in [-0.1, -0.05) is 36.4 Å². The first kappa shape index (κ1) is 33.4. The first-order valence-corrected chi connectivity index (χ1v) is 13.5. The van der Waals surface area contributed by atoms with Crippen LogP contribution < -0.4 is 20.5 Å². The Bertz CT molecular complexity index is 1470. The van der Waals surface area contributed by atoms with E-state index < -0.39 is 5.97 Å². The van der Waals surface area contributed by atoms with Gasteiger partial charge in [0.2, 0.25) is 0 Å². The van der Waals surface area contributed by atoms with Crippen molar-refractivity contribution in [3.8, 4) is 11.5 Å². The van der Waals surface area contributed by atoms with Crippen molar-refractivity contribution in [3.63, 3.8) is 0 Å². The molecule has 0 fully saturated rings. The van der Waals surface area contributed by atoms with Crippen LogP contribution in [0.5, 0.6) is 11.5 Å². The van der Waals surface area contributed by atoms with Gasteiger partial charge in [0.1, 0.15) is 23.1 Å². The molecule has 0 atom stereocenters. The summed E-state index contributed by atoms with van der Waals surface area (Å²) in [6.07, 6.45) is 0. The average Bonchev–Trinajstić information content (AvgIpc) is 2.98. The van der Waals surface area contributed by atoms with Gasteiger partial charge in [-0.2, -0.15) is 0 Å². The molecule has 0 saturated carbocycles. The van der Waals surface area contributed by atoms with Crippen molar-refractivity contribution in [3.05, 3.63) is 128 Å². The topological polar surface area (TPSA) is 111 Å². The number of halogens is 4. The fourth-order valence-electron chi connectivity index (χ4n) is 3.18. The van der Waals surface area contributed by atoms with Gasteiger partial charge in [-0.15, -0.1) is 0 Å². The number of hydrogen-bond acceptors (Lipinski definition) is 5. The molecule has 4 rings (SSSR count). The summed E-state index contributed by atoms with van der Waals surface area (Å²) in [6, 6.07) is 22.5. The number of hydrogen-bond donors (Lipinski definition) is 3. The van der Waals surface area contributed by atoms with Crippen LogP contribution in [0.15, 0.2) is 93.9 Å². The molecule has 1 amide bonds. The van der Waals surface area contributed by atoms with Gasteiger partial charge < -0.3 is 25.6 Å². The van der Waals surface area contributed by atoms with Gasteiger partial charge in [-0.05, 0) is 80.4 Å². The van der Waals surface area contributed by atoms with Crippen molar-refractivity contribution >= 4 is 43.7 Å². The molecule has 11 heteroatoms. The summed E-state index contributed by atoms with van der Waals surface area (Å²) in [7, 11) is 3.02. The zero-order chi connectivity index (χ0) is 30.4. The van der Waals surface area contributed by atoms with E-state index in [1.165, 1.54) is 38.5 Å². The summed E-state index contributed by atoms with van der Waals surface area (Å²) in [4.78, 5) is 22.5. The maximum absolute atomic E-state index is 13.4. The molecule has 0 unspecified atom stereocenters. The van der Waals surface area contributed by atoms with Gasteiger partial charge >= 0.3 is 5.97 Å². The van der Waals surface area contributed by atoms with E-state index in [1.807, 2.05) is 0 Å². The zero-order valence-electron chi connectivity index (χ0n) is 22.2. The number of carbonyl (C=O) groups is 2. The number of methoxy groups -OCH3 is 2. The fraction of sp³-hybridized carbons (Fsp3) is 0.133. The third-order valence-corrected chi connectivity index (χ3v) is 6.70. The van der Waals surface area contributed by atoms with Gasteiger partial charge in [0.25, 0.3) is 5.91 Å². The van der Waals surface area contributed by atoms with Crippen LogP contribution in [0.4, 0.5) is 8.78 Å². The van der Waals surface area contributed by atoms with Crippen LogP contribution in [0.2, 0.25) is 0 Å². The van der Waals surface area contributed by atoms with E-state index >= 15 is 0 Å². The van der Waals surface area contributed by atoms with Crippen LogP contribution in [-0.4, -0.2) is 31.2 Å². The number of nitrogens with one attached hydrogen (secondary N) is 1. The SMILES string of the molecule is COc1cc(C(=O)NCc2ccccc2F)ccc1Br.COc1cc(C(=O)O)ccc1Br.NCc1ccccc1F. The molecule has 0 aromatic heterocycles. The molecule has 0 radical (unpaired) electrons. The molecule has 4 aromatic rings. The third kappa shape index (κ3) is 10.6. The monoisotopic (exact) mass is 692 g/mol. The number of nitrogens with two attached hydrogens (primary N) is 1. The number of carbonyl (C=O) groups excluding carboxylic acids is 1. The van der Waals surface area contributed by atoms with E-state index in [2.05, 4.69) is 37.2 Å². The average molecular weight is 694 g/mol. The van der Waals surface area contributed by atoms with E-state index in [9.17, 15) is 18.4 Å². The molecule has 41 heavy (non-hydrogen) atoms. The molecule has 0 aliphatic heterocycles. The standard InChI is InChI=1S/C15H13BrFNO2.C8H7BrO3.C7H8FN/c1-20-14-8-10(6-7-12(14)16)15(19)18-9-11-4-2-3-5-13(11)17;1-12-7-4-5(8(10)11)2-3-6(7)9;8-7-4-2-1-3-6(7)5-9/h2-8H,9H2,1H3,(H,18,19);2-4H,1H3,(H,10,11);1-4H,5,9H2. The van der Waals surface area contributed by atoms with Crippen molar-refractivity contribution in [2.45, 2.75) is 13.1 Å². The second-order valence-corrected chi connectivity index (χ2v) is 9.78. The third-order valence-electron chi connectivity index (χ3n) is 5.39. The molecule has 7 nitrogen and oxygen atoms in total. The molecule has 0 aliphatic rings. The van der Waals surface area contributed by atoms with Crippen molar-refractivity contribution in [2.75, 3.05) is 14.2 Å². The predicted molar refractivity (Wildman–Crippen MR) is 160 cm³/mol. The van der Waals surface area contributed by atoms with Crippen molar-refractivity contribution < 1.29 is 33.0 Å². The summed E-state index contributed by atoms with van der Waals surface area (Å²) in [5.41, 5.74) is 6.90. The molecular weight excluding hydrogens is 666 g/mol. The zero-order valence-corrected chi connectivity index (χ0v) is 25.3. The number of ether oxygens (including phenoxy) is 2. The van der Waals surface area contributed by atoms with E-state index in [0.717, 1.165) is 8.95 Å². The van der Waals surface area contributed by atoms with Gasteiger partial charge in [0, 0.05) is 29.8 Å². The largest absolute Gasteiger partial charge is 0.496 e. The molecule has 4 N–H and O–H groups in total. The number of carboxylic acids is 1. The number of carboxylic acid groups (broad SMARTS) is 1. The smallest absolute Gasteiger partial charge is 0.335 e. The highest BCUT2D eigenvalue weighted by molar-refractivity contribution is 9.10. The van der Waals surface area contributed by atoms with Crippen LogP contribution in [0.3, 0.4) is 0 Å². The Hall–Kier alpha value is -3.80. The highest BCUT2D eigenvalue weighted by Gasteiger charge is 2.10. The molecule has 0 spiro atoms. The van der Waals surface area contributed by atoms with E-state index in [-0.39, 0.29) is 36.2 Å². The van der Waals surface area contributed by atoms with E-state index in [4.69, 9.17) is 20.3 Å². The van der Waals surface area contributed by atoms with E-state index in [0.29, 0.717) is 28.2 Å². The molecule has 0 aliphatic carbocycles. The molecule has 0 bridgehead atoms. The van der Waals surface area contributed by atoms with Crippen LogP contribution >= 0.6 is 31.9 Å². The summed E-state index contributed by atoms with van der Waals surface area (Å²) in [5, 5.41) is 11.3. The minimum Gasteiger partial charge on any atom is -0.496 e. The first-order chi connectivity index (χ1) is 19.6. The Morgan fingerprint density at radius 1 is 0.780 bits per heavy atom. The minimum absolute atomic E-state index is 0.143. The second-order valence-electron chi connectivity index (χ2n) is 8.07. The lowest BCUT2D eigenvalue weighted by Gasteiger charge is -2.08. The number of benzene rings is 4. The maximum atomic E-state index is 13.4. The second kappa shape index (κ2) is 17.1. The fourth-order valence-corrected chi connectivity index (χ4v) is 3.99. The Balaban J connectivity index is 0.000000237. The minimum atomic E-state index is -0.958. The van der Waals surface area contributed by atoms with Crippen molar-refractivity contribution in [1.29, 1.82) is 0 Å². The van der Waals surface area contributed by atoms with Gasteiger partial charge in [-0.25, -0.2) is 13.6 Å². The maximum Gasteiger partial charge on any atom is 0.335 e. The van der Waals surface area contributed by atoms with E-state index in [1.54, 1.807) is 60.7 Å². The van der Waals surface area contributed by atoms with Crippen molar-refractivity contribution in [2.24, 2.45) is 5.73 Å². The molecular formula is C30H28Br2F2N2O5. The lowest BCUT2D eigenvalue weighted by atomic mass is 10.2. The van der Waals surface area contributed by atoms with Crippen LogP contribution in [0, 0.1) is 11.6 Å². The lowest BCUT2D eigenvalue weighted by molar-refractivity contribution is 0.0696. The Morgan fingerprint density at radius 3 is 1.68 bits per heavy atom. The Kier molecular flexibility index (Phi) is 13.9. The first-order valence-electron chi connectivity index (χ1n) is 12.0. The predicted octanol–water partition coefficient (Wildman–Crippen LogP) is 6.97. The lowest BCUT2D eigenvalue weighted by Crippen LogP contribution is -2.23. The quantitative estimate of drug-likeness (QED) is 0.193. The van der Waals surface area contributed by atoms with Crippen LogP contribution in [0.25, 0.3) is 0 Å². The van der Waals surface area contributed by atoms with Crippen molar-refractivity contribution in [1.82, 2.24) is 5.32 Å². The van der Waals surface area contributed by atoms with Crippen LogP contribution in [0.1, 0.15) is 31.8 Å². The molecule has 0 saturated heterocycles. The highest BCUT2D eigenvalue weighted by atomic mass is 79.9.